The summed E-state index contributed by atoms with van der Waals surface area (Å²) in [4.78, 5) is 12.2. The van der Waals surface area contributed by atoms with Gasteiger partial charge >= 0.3 is 0 Å². The van der Waals surface area contributed by atoms with E-state index >= 15 is 0 Å². The second-order valence-electron chi connectivity index (χ2n) is 5.67. The van der Waals surface area contributed by atoms with Crippen molar-refractivity contribution in [3.8, 4) is 10.8 Å². The Morgan fingerprint density at radius 3 is 2.58 bits per heavy atom. The minimum atomic E-state index is -0.132. The molecule has 24 heavy (non-hydrogen) atoms. The third-order valence-electron chi connectivity index (χ3n) is 3.54. The van der Waals surface area contributed by atoms with Crippen LogP contribution >= 0.6 is 11.3 Å². The molecule has 0 atom stereocenters. The SMILES string of the molecule is Cc1csc(Oc2ccc(CNC(=O)c3cc(C)nn3C)cc2)c1. The van der Waals surface area contributed by atoms with Crippen molar-refractivity contribution in [2.75, 3.05) is 0 Å². The molecule has 1 amide bonds. The summed E-state index contributed by atoms with van der Waals surface area (Å²) in [6.07, 6.45) is 0. The number of nitrogens with zero attached hydrogens (tertiary/aromatic N) is 2. The fraction of sp³-hybridized carbons (Fsp3) is 0.222. The number of aromatic nitrogens is 2. The van der Waals surface area contributed by atoms with Crippen molar-refractivity contribution in [2.24, 2.45) is 7.05 Å². The lowest BCUT2D eigenvalue weighted by molar-refractivity contribution is 0.0941. The average Bonchev–Trinajstić information content (AvgIpc) is 3.11. The lowest BCUT2D eigenvalue weighted by Gasteiger charge is -2.07. The van der Waals surface area contributed by atoms with Crippen LogP contribution in [0.3, 0.4) is 0 Å². The predicted octanol–water partition coefficient (Wildman–Crippen LogP) is 3.82. The first-order chi connectivity index (χ1) is 11.5. The molecule has 0 saturated heterocycles. The van der Waals surface area contributed by atoms with E-state index in [1.165, 1.54) is 5.56 Å². The highest BCUT2D eigenvalue weighted by atomic mass is 32.1. The Kier molecular flexibility index (Phi) is 4.66. The number of carbonyl (C=O) groups excluding carboxylic acids is 1. The van der Waals surface area contributed by atoms with Crippen LogP contribution in [0.5, 0.6) is 10.8 Å². The van der Waals surface area contributed by atoms with Crippen molar-refractivity contribution in [2.45, 2.75) is 20.4 Å². The van der Waals surface area contributed by atoms with Crippen LogP contribution in [0.4, 0.5) is 0 Å². The van der Waals surface area contributed by atoms with E-state index < -0.39 is 0 Å². The van der Waals surface area contributed by atoms with Crippen molar-refractivity contribution in [1.29, 1.82) is 0 Å². The van der Waals surface area contributed by atoms with E-state index in [0.29, 0.717) is 12.2 Å². The molecule has 0 aliphatic carbocycles. The van der Waals surface area contributed by atoms with E-state index in [1.54, 1.807) is 29.1 Å². The summed E-state index contributed by atoms with van der Waals surface area (Å²) in [5.41, 5.74) is 3.59. The summed E-state index contributed by atoms with van der Waals surface area (Å²) >= 11 is 1.58. The maximum Gasteiger partial charge on any atom is 0.269 e. The summed E-state index contributed by atoms with van der Waals surface area (Å²) in [6, 6.07) is 11.5. The van der Waals surface area contributed by atoms with Crippen LogP contribution < -0.4 is 10.1 Å². The molecule has 1 aromatic carbocycles. The summed E-state index contributed by atoms with van der Waals surface area (Å²) in [7, 11) is 1.76. The van der Waals surface area contributed by atoms with Gasteiger partial charge in [0.1, 0.15) is 11.4 Å². The summed E-state index contributed by atoms with van der Waals surface area (Å²) in [6.45, 7) is 4.37. The van der Waals surface area contributed by atoms with Crippen LogP contribution in [0.15, 0.2) is 41.8 Å². The van der Waals surface area contributed by atoms with E-state index in [2.05, 4.69) is 15.8 Å². The van der Waals surface area contributed by atoms with Crippen molar-refractivity contribution < 1.29 is 9.53 Å². The van der Waals surface area contributed by atoms with Crippen LogP contribution in [0, 0.1) is 13.8 Å². The molecule has 0 spiro atoms. The van der Waals surface area contributed by atoms with Gasteiger partial charge in [0.15, 0.2) is 5.06 Å². The van der Waals surface area contributed by atoms with Crippen LogP contribution in [-0.2, 0) is 13.6 Å². The Bertz CT molecular complexity index is 850. The van der Waals surface area contributed by atoms with Crippen molar-refractivity contribution >= 4 is 17.2 Å². The molecular weight excluding hydrogens is 322 g/mol. The first-order valence-electron chi connectivity index (χ1n) is 7.62. The van der Waals surface area contributed by atoms with Gasteiger partial charge in [-0.1, -0.05) is 12.1 Å². The highest BCUT2D eigenvalue weighted by Gasteiger charge is 2.11. The molecule has 3 aromatic rings. The smallest absolute Gasteiger partial charge is 0.269 e. The molecule has 3 rings (SSSR count). The number of aryl methyl sites for hydroxylation is 3. The van der Waals surface area contributed by atoms with E-state index in [0.717, 1.165) is 22.1 Å². The number of carbonyl (C=O) groups is 1. The van der Waals surface area contributed by atoms with E-state index in [-0.39, 0.29) is 5.91 Å². The summed E-state index contributed by atoms with van der Waals surface area (Å²) < 4.78 is 7.38. The van der Waals surface area contributed by atoms with Gasteiger partial charge in [0.05, 0.1) is 5.69 Å². The lowest BCUT2D eigenvalue weighted by atomic mass is 10.2. The largest absolute Gasteiger partial charge is 0.447 e. The maximum absolute atomic E-state index is 12.2. The quantitative estimate of drug-likeness (QED) is 0.767. The lowest BCUT2D eigenvalue weighted by Crippen LogP contribution is -2.25. The van der Waals surface area contributed by atoms with Gasteiger partial charge in [-0.2, -0.15) is 5.10 Å². The molecular formula is C18H19N3O2S. The van der Waals surface area contributed by atoms with Gasteiger partial charge in [0, 0.05) is 13.6 Å². The number of benzene rings is 1. The molecule has 0 fully saturated rings. The highest BCUT2D eigenvalue weighted by Crippen LogP contribution is 2.28. The number of rotatable bonds is 5. The van der Waals surface area contributed by atoms with Crippen molar-refractivity contribution in [3.63, 3.8) is 0 Å². The standard InChI is InChI=1S/C18H19N3O2S/c1-12-8-17(24-11-12)23-15-6-4-14(5-7-15)10-19-18(22)16-9-13(2)20-21(16)3/h4-9,11H,10H2,1-3H3,(H,19,22). The number of hydrogen-bond donors (Lipinski definition) is 1. The fourth-order valence-electron chi connectivity index (χ4n) is 2.35. The number of ether oxygens (including phenoxy) is 1. The third-order valence-corrected chi connectivity index (χ3v) is 4.46. The molecule has 6 heteroatoms. The third kappa shape index (κ3) is 3.83. The highest BCUT2D eigenvalue weighted by molar-refractivity contribution is 7.12. The Morgan fingerprint density at radius 2 is 2.00 bits per heavy atom. The van der Waals surface area contributed by atoms with Crippen LogP contribution in [-0.4, -0.2) is 15.7 Å². The second kappa shape index (κ2) is 6.88. The number of hydrogen-bond acceptors (Lipinski definition) is 4. The minimum absolute atomic E-state index is 0.132. The number of nitrogens with one attached hydrogen (secondary N) is 1. The average molecular weight is 341 g/mol. The topological polar surface area (TPSA) is 56.1 Å². The molecule has 0 radical (unpaired) electrons. The Labute approximate surface area is 144 Å². The second-order valence-corrected chi connectivity index (χ2v) is 6.54. The molecule has 0 unspecified atom stereocenters. The molecule has 0 aliphatic rings. The fourth-order valence-corrected chi connectivity index (χ4v) is 3.11. The van der Waals surface area contributed by atoms with Gasteiger partial charge in [-0.15, -0.1) is 11.3 Å². The Balaban J connectivity index is 1.58. The molecule has 0 aliphatic heterocycles. The van der Waals surface area contributed by atoms with Gasteiger partial charge in [0.25, 0.3) is 5.91 Å². The van der Waals surface area contributed by atoms with Gasteiger partial charge in [-0.25, -0.2) is 0 Å². The van der Waals surface area contributed by atoms with E-state index in [1.807, 2.05) is 44.2 Å². The normalized spacial score (nSPS) is 10.6. The predicted molar refractivity (Wildman–Crippen MR) is 94.7 cm³/mol. The molecule has 1 N–H and O–H groups in total. The molecule has 2 aromatic heterocycles. The molecule has 5 nitrogen and oxygen atoms in total. The van der Waals surface area contributed by atoms with E-state index in [9.17, 15) is 4.79 Å². The molecule has 0 bridgehead atoms. The summed E-state index contributed by atoms with van der Waals surface area (Å²) in [5, 5.41) is 10.0. The Hall–Kier alpha value is -2.60. The van der Waals surface area contributed by atoms with Gasteiger partial charge in [-0.05, 0) is 54.6 Å². The van der Waals surface area contributed by atoms with Crippen LogP contribution in [0.1, 0.15) is 27.3 Å². The number of amides is 1. The summed E-state index contributed by atoms with van der Waals surface area (Å²) in [5.74, 6) is 0.654. The van der Waals surface area contributed by atoms with Gasteiger partial charge < -0.3 is 10.1 Å². The van der Waals surface area contributed by atoms with Gasteiger partial charge in [-0.3, -0.25) is 9.48 Å². The first kappa shape index (κ1) is 16.3. The van der Waals surface area contributed by atoms with Crippen LogP contribution in [0.2, 0.25) is 0 Å². The van der Waals surface area contributed by atoms with Gasteiger partial charge in [0.2, 0.25) is 0 Å². The first-order valence-corrected chi connectivity index (χ1v) is 8.50. The molecule has 0 saturated carbocycles. The van der Waals surface area contributed by atoms with Crippen LogP contribution in [0.25, 0.3) is 0 Å². The maximum atomic E-state index is 12.2. The minimum Gasteiger partial charge on any atom is -0.447 e. The van der Waals surface area contributed by atoms with E-state index in [4.69, 9.17) is 4.74 Å². The zero-order chi connectivity index (χ0) is 17.1. The van der Waals surface area contributed by atoms with Crippen molar-refractivity contribution in [1.82, 2.24) is 15.1 Å². The number of thiophene rings is 1. The zero-order valence-corrected chi connectivity index (χ0v) is 14.7. The van der Waals surface area contributed by atoms with Crippen molar-refractivity contribution in [3.05, 3.63) is 64.3 Å². The molecule has 124 valence electrons. The monoisotopic (exact) mass is 341 g/mol. The molecule has 2 heterocycles. The zero-order valence-electron chi connectivity index (χ0n) is 13.9. The Morgan fingerprint density at radius 1 is 1.25 bits per heavy atom.